The Morgan fingerprint density at radius 2 is 2.14 bits per heavy atom. The summed E-state index contributed by atoms with van der Waals surface area (Å²) >= 11 is 0. The topological polar surface area (TPSA) is 118 Å². The molecular weight excluding hydrogens is 294 g/mol. The Balaban J connectivity index is 2.43. The van der Waals surface area contributed by atoms with E-state index < -0.39 is 10.0 Å². The van der Waals surface area contributed by atoms with Crippen LogP contribution in [0.2, 0.25) is 0 Å². The monoisotopic (exact) mass is 305 g/mol. The molecule has 0 fully saturated rings. The van der Waals surface area contributed by atoms with Gasteiger partial charge in [-0.1, -0.05) is 0 Å². The molecule has 0 bridgehead atoms. The quantitative estimate of drug-likeness (QED) is 0.889. The molecule has 108 valence electrons. The zero-order valence-electron chi connectivity index (χ0n) is 11.2. The Kier molecular flexibility index (Phi) is 4.00. The van der Waals surface area contributed by atoms with Crippen molar-refractivity contribution in [3.63, 3.8) is 0 Å². The number of methoxy groups -OCH3 is 1. The summed E-state index contributed by atoms with van der Waals surface area (Å²) in [4.78, 5) is 11.3. The smallest absolute Gasteiger partial charge is 0.267 e. The van der Waals surface area contributed by atoms with Crippen LogP contribution in [0.5, 0.6) is 5.88 Å². The highest BCUT2D eigenvalue weighted by atomic mass is 32.2. The summed E-state index contributed by atoms with van der Waals surface area (Å²) in [7, 11) is -2.60. The van der Waals surface area contributed by atoms with E-state index >= 15 is 0 Å². The van der Waals surface area contributed by atoms with Gasteiger partial charge in [0, 0.05) is 18.0 Å². The number of ether oxygens (including phenoxy) is 1. The van der Waals surface area contributed by atoms with Gasteiger partial charge in [0.05, 0.1) is 7.11 Å². The van der Waals surface area contributed by atoms with Crippen LogP contribution in [0.1, 0.15) is 11.4 Å². The van der Waals surface area contributed by atoms with Crippen LogP contribution in [-0.4, -0.2) is 30.5 Å². The highest BCUT2D eigenvalue weighted by Gasteiger charge is 2.21. The van der Waals surface area contributed by atoms with Crippen molar-refractivity contribution in [2.24, 2.45) is 0 Å². The average Bonchev–Trinajstić information content (AvgIpc) is 2.46. The normalized spacial score (nSPS) is 10.7. The Labute approximate surface area is 121 Å². The van der Waals surface area contributed by atoms with Gasteiger partial charge >= 0.3 is 0 Å². The van der Waals surface area contributed by atoms with Gasteiger partial charge in [0.2, 0.25) is 11.8 Å². The SMILES string of the molecule is COc1cc(C)nc(NS(=O)(=O)c2cccnc2C#N)n1. The van der Waals surface area contributed by atoms with E-state index in [4.69, 9.17) is 10.00 Å². The van der Waals surface area contributed by atoms with E-state index in [2.05, 4.69) is 19.7 Å². The van der Waals surface area contributed by atoms with E-state index in [1.165, 1.54) is 25.4 Å². The van der Waals surface area contributed by atoms with Crippen molar-refractivity contribution in [1.29, 1.82) is 5.26 Å². The summed E-state index contributed by atoms with van der Waals surface area (Å²) < 4.78 is 31.7. The molecule has 2 aromatic heterocycles. The summed E-state index contributed by atoms with van der Waals surface area (Å²) in [6.45, 7) is 1.67. The highest BCUT2D eigenvalue weighted by molar-refractivity contribution is 7.92. The molecule has 1 N–H and O–H groups in total. The fraction of sp³-hybridized carbons (Fsp3) is 0.167. The maximum atomic E-state index is 12.3. The zero-order chi connectivity index (χ0) is 15.5. The van der Waals surface area contributed by atoms with E-state index in [0.29, 0.717) is 5.69 Å². The van der Waals surface area contributed by atoms with Crippen molar-refractivity contribution in [3.05, 3.63) is 35.8 Å². The summed E-state index contributed by atoms with van der Waals surface area (Å²) in [6, 6.07) is 5.99. The Morgan fingerprint density at radius 3 is 2.81 bits per heavy atom. The van der Waals surface area contributed by atoms with Gasteiger partial charge in [-0.3, -0.25) is 0 Å². The van der Waals surface area contributed by atoms with E-state index in [-0.39, 0.29) is 22.4 Å². The molecule has 0 aromatic carbocycles. The van der Waals surface area contributed by atoms with Crippen LogP contribution in [-0.2, 0) is 10.0 Å². The number of pyridine rings is 1. The minimum Gasteiger partial charge on any atom is -0.481 e. The molecule has 0 aliphatic carbocycles. The molecule has 0 saturated carbocycles. The second kappa shape index (κ2) is 5.72. The maximum absolute atomic E-state index is 12.3. The molecule has 0 aliphatic rings. The highest BCUT2D eigenvalue weighted by Crippen LogP contribution is 2.17. The van der Waals surface area contributed by atoms with Gasteiger partial charge in [-0.15, -0.1) is 0 Å². The minimum atomic E-state index is -4.01. The molecule has 0 radical (unpaired) electrons. The van der Waals surface area contributed by atoms with Gasteiger partial charge in [0.1, 0.15) is 11.0 Å². The van der Waals surface area contributed by atoms with Crippen molar-refractivity contribution in [2.75, 3.05) is 11.8 Å². The van der Waals surface area contributed by atoms with Crippen LogP contribution >= 0.6 is 0 Å². The molecule has 2 aromatic rings. The minimum absolute atomic E-state index is 0.139. The molecule has 0 saturated heterocycles. The summed E-state index contributed by atoms with van der Waals surface area (Å²) in [5.74, 6) is 0.0893. The summed E-state index contributed by atoms with van der Waals surface area (Å²) in [5, 5.41) is 8.92. The number of nitrogens with one attached hydrogen (secondary N) is 1. The lowest BCUT2D eigenvalue weighted by Crippen LogP contribution is -2.17. The van der Waals surface area contributed by atoms with Crippen LogP contribution < -0.4 is 9.46 Å². The lowest BCUT2D eigenvalue weighted by atomic mass is 10.4. The molecule has 0 spiro atoms. The largest absolute Gasteiger partial charge is 0.481 e. The van der Waals surface area contributed by atoms with Crippen LogP contribution in [0.15, 0.2) is 29.3 Å². The molecular formula is C12H11N5O3S. The predicted octanol–water partition coefficient (Wildman–Crippen LogP) is 0.861. The summed E-state index contributed by atoms with van der Waals surface area (Å²) in [5.41, 5.74) is 0.330. The fourth-order valence-electron chi connectivity index (χ4n) is 1.56. The number of nitriles is 1. The number of rotatable bonds is 4. The fourth-order valence-corrected chi connectivity index (χ4v) is 2.61. The standard InChI is InChI=1S/C12H11N5O3S/c1-8-6-11(20-2)16-12(15-8)17-21(18,19)10-4-3-5-14-9(10)7-13/h3-6H,1-2H3,(H,15,16,17). The van der Waals surface area contributed by atoms with Crippen LogP contribution in [0.25, 0.3) is 0 Å². The number of nitrogens with zero attached hydrogens (tertiary/aromatic N) is 4. The Bertz CT molecular complexity index is 814. The number of anilines is 1. The second-order valence-corrected chi connectivity index (χ2v) is 5.59. The van der Waals surface area contributed by atoms with Crippen LogP contribution in [0.4, 0.5) is 5.95 Å². The molecule has 2 rings (SSSR count). The lowest BCUT2D eigenvalue weighted by Gasteiger charge is -2.09. The molecule has 0 amide bonds. The first-order chi connectivity index (χ1) is 9.96. The number of sulfonamides is 1. The molecule has 9 heteroatoms. The molecule has 0 aliphatic heterocycles. The van der Waals surface area contributed by atoms with E-state index in [0.717, 1.165) is 0 Å². The summed E-state index contributed by atoms with van der Waals surface area (Å²) in [6.07, 6.45) is 1.34. The third-order valence-electron chi connectivity index (χ3n) is 2.43. The molecule has 0 unspecified atom stereocenters. The number of hydrogen-bond acceptors (Lipinski definition) is 7. The van der Waals surface area contributed by atoms with Crippen molar-refractivity contribution in [3.8, 4) is 11.9 Å². The number of aromatic nitrogens is 3. The molecule has 21 heavy (non-hydrogen) atoms. The van der Waals surface area contributed by atoms with E-state index in [9.17, 15) is 8.42 Å². The van der Waals surface area contributed by atoms with Crippen molar-refractivity contribution in [1.82, 2.24) is 15.0 Å². The third-order valence-corrected chi connectivity index (χ3v) is 3.79. The predicted molar refractivity (Wildman–Crippen MR) is 73.1 cm³/mol. The van der Waals surface area contributed by atoms with E-state index in [1.54, 1.807) is 19.1 Å². The Hall–Kier alpha value is -2.73. The van der Waals surface area contributed by atoms with Crippen LogP contribution in [0, 0.1) is 18.3 Å². The zero-order valence-corrected chi connectivity index (χ0v) is 12.0. The molecule has 0 atom stereocenters. The van der Waals surface area contributed by atoms with Gasteiger partial charge in [-0.2, -0.15) is 10.2 Å². The third kappa shape index (κ3) is 3.24. The number of hydrogen-bond donors (Lipinski definition) is 1. The van der Waals surface area contributed by atoms with Gasteiger partial charge in [0.15, 0.2) is 5.69 Å². The van der Waals surface area contributed by atoms with E-state index in [1.807, 2.05) is 0 Å². The van der Waals surface area contributed by atoms with Crippen molar-refractivity contribution >= 4 is 16.0 Å². The molecule has 8 nitrogen and oxygen atoms in total. The average molecular weight is 305 g/mol. The van der Waals surface area contributed by atoms with Gasteiger partial charge in [0.25, 0.3) is 10.0 Å². The van der Waals surface area contributed by atoms with Crippen LogP contribution in [0.3, 0.4) is 0 Å². The lowest BCUT2D eigenvalue weighted by molar-refractivity contribution is 0.397. The van der Waals surface area contributed by atoms with Crippen molar-refractivity contribution < 1.29 is 13.2 Å². The van der Waals surface area contributed by atoms with Crippen molar-refractivity contribution in [2.45, 2.75) is 11.8 Å². The first kappa shape index (κ1) is 14.7. The second-order valence-electron chi connectivity index (χ2n) is 3.94. The first-order valence-electron chi connectivity index (χ1n) is 5.74. The van der Waals surface area contributed by atoms with Gasteiger partial charge < -0.3 is 4.74 Å². The molecule has 2 heterocycles. The number of aryl methyl sites for hydroxylation is 1. The Morgan fingerprint density at radius 1 is 1.38 bits per heavy atom. The first-order valence-corrected chi connectivity index (χ1v) is 7.22. The van der Waals surface area contributed by atoms with Gasteiger partial charge in [-0.05, 0) is 19.1 Å². The maximum Gasteiger partial charge on any atom is 0.267 e. The van der Waals surface area contributed by atoms with Gasteiger partial charge in [-0.25, -0.2) is 23.1 Å².